The Morgan fingerprint density at radius 2 is 2.18 bits per heavy atom. The highest BCUT2D eigenvalue weighted by molar-refractivity contribution is 5.92. The second-order valence-electron chi connectivity index (χ2n) is 6.44. The molecule has 1 aromatic carbocycles. The monoisotopic (exact) mass is 303 g/mol. The van der Waals surface area contributed by atoms with Crippen LogP contribution in [-0.2, 0) is 11.2 Å². The first-order valence-electron chi connectivity index (χ1n) is 8.10. The van der Waals surface area contributed by atoms with Gasteiger partial charge in [0, 0.05) is 25.2 Å². The molecular formula is C17H25N3O2. The number of hydrogen-bond donors (Lipinski definition) is 1. The molecule has 1 saturated heterocycles. The lowest BCUT2D eigenvalue weighted by Gasteiger charge is -2.19. The van der Waals surface area contributed by atoms with E-state index in [1.807, 2.05) is 18.2 Å². The van der Waals surface area contributed by atoms with E-state index < -0.39 is 0 Å². The third-order valence-electron chi connectivity index (χ3n) is 4.36. The highest BCUT2D eigenvalue weighted by Gasteiger charge is 2.20. The fourth-order valence-corrected chi connectivity index (χ4v) is 3.16. The topological polar surface area (TPSA) is 44.8 Å². The van der Waals surface area contributed by atoms with Crippen LogP contribution in [0.1, 0.15) is 18.9 Å². The van der Waals surface area contributed by atoms with E-state index in [0.717, 1.165) is 50.5 Å². The summed E-state index contributed by atoms with van der Waals surface area (Å²) in [6.07, 6.45) is 2.27. The van der Waals surface area contributed by atoms with Gasteiger partial charge in [0.25, 0.3) is 0 Å². The third-order valence-corrected chi connectivity index (χ3v) is 4.36. The van der Waals surface area contributed by atoms with Gasteiger partial charge in [0.1, 0.15) is 11.9 Å². The highest BCUT2D eigenvalue weighted by Crippen LogP contribution is 2.30. The molecule has 5 heteroatoms. The molecule has 1 N–H and O–H groups in total. The van der Waals surface area contributed by atoms with Crippen molar-refractivity contribution < 1.29 is 9.53 Å². The lowest BCUT2D eigenvalue weighted by atomic mass is 10.1. The van der Waals surface area contributed by atoms with E-state index in [0.29, 0.717) is 6.54 Å². The van der Waals surface area contributed by atoms with E-state index in [9.17, 15) is 4.79 Å². The molecule has 3 rings (SSSR count). The Balaban J connectivity index is 1.55. The number of anilines is 1. The fourth-order valence-electron chi connectivity index (χ4n) is 3.16. The maximum absolute atomic E-state index is 12.2. The summed E-state index contributed by atoms with van der Waals surface area (Å²) in [6.45, 7) is 6.63. The molecule has 1 amide bonds. The van der Waals surface area contributed by atoms with Crippen molar-refractivity contribution in [3.8, 4) is 5.75 Å². The van der Waals surface area contributed by atoms with Gasteiger partial charge in [-0.15, -0.1) is 0 Å². The Morgan fingerprint density at radius 3 is 3.05 bits per heavy atom. The van der Waals surface area contributed by atoms with E-state index in [1.165, 1.54) is 5.56 Å². The molecule has 2 aliphatic heterocycles. The van der Waals surface area contributed by atoms with E-state index in [1.54, 1.807) is 0 Å². The van der Waals surface area contributed by atoms with Crippen LogP contribution in [0, 0.1) is 0 Å². The number of rotatable bonds is 3. The van der Waals surface area contributed by atoms with Gasteiger partial charge >= 0.3 is 0 Å². The summed E-state index contributed by atoms with van der Waals surface area (Å²) < 4.78 is 5.69. The number of fused-ring (bicyclic) bond motifs is 1. The van der Waals surface area contributed by atoms with Crippen LogP contribution in [0.5, 0.6) is 5.75 Å². The van der Waals surface area contributed by atoms with Gasteiger partial charge in [-0.05, 0) is 57.2 Å². The number of hydrogen-bond acceptors (Lipinski definition) is 4. The number of ether oxygens (including phenoxy) is 1. The molecule has 1 fully saturated rings. The first kappa shape index (κ1) is 15.3. The van der Waals surface area contributed by atoms with Gasteiger partial charge in [-0.25, -0.2) is 0 Å². The SMILES string of the molecule is CC1Cc2cc(NC(=O)CN3CCCN(C)CC3)ccc2O1. The van der Waals surface area contributed by atoms with Crippen LogP contribution in [0.2, 0.25) is 0 Å². The van der Waals surface area contributed by atoms with Crippen LogP contribution < -0.4 is 10.1 Å². The molecule has 0 saturated carbocycles. The quantitative estimate of drug-likeness (QED) is 0.921. The van der Waals surface area contributed by atoms with Crippen molar-refractivity contribution in [2.24, 2.45) is 0 Å². The maximum Gasteiger partial charge on any atom is 0.238 e. The van der Waals surface area contributed by atoms with Crippen LogP contribution >= 0.6 is 0 Å². The minimum Gasteiger partial charge on any atom is -0.490 e. The summed E-state index contributed by atoms with van der Waals surface area (Å²) in [4.78, 5) is 16.8. The molecule has 0 bridgehead atoms. The zero-order valence-electron chi connectivity index (χ0n) is 13.5. The number of nitrogens with zero attached hydrogens (tertiary/aromatic N) is 2. The summed E-state index contributed by atoms with van der Waals surface area (Å²) in [6, 6.07) is 5.91. The molecule has 22 heavy (non-hydrogen) atoms. The van der Waals surface area contributed by atoms with Gasteiger partial charge in [-0.3, -0.25) is 9.69 Å². The van der Waals surface area contributed by atoms with Crippen molar-refractivity contribution in [1.29, 1.82) is 0 Å². The second-order valence-corrected chi connectivity index (χ2v) is 6.44. The molecule has 0 spiro atoms. The summed E-state index contributed by atoms with van der Waals surface area (Å²) in [5.74, 6) is 1.01. The van der Waals surface area contributed by atoms with Crippen molar-refractivity contribution in [2.45, 2.75) is 25.9 Å². The van der Waals surface area contributed by atoms with Crippen molar-refractivity contribution >= 4 is 11.6 Å². The van der Waals surface area contributed by atoms with Gasteiger partial charge in [-0.2, -0.15) is 0 Å². The minimum atomic E-state index is 0.0662. The van der Waals surface area contributed by atoms with Crippen LogP contribution in [0.3, 0.4) is 0 Å². The fraction of sp³-hybridized carbons (Fsp3) is 0.588. The van der Waals surface area contributed by atoms with Crippen molar-refractivity contribution in [1.82, 2.24) is 9.80 Å². The summed E-state index contributed by atoms with van der Waals surface area (Å²) >= 11 is 0. The predicted octanol–water partition coefficient (Wildman–Crippen LogP) is 1.59. The molecule has 0 radical (unpaired) electrons. The summed E-state index contributed by atoms with van der Waals surface area (Å²) in [5, 5.41) is 3.02. The largest absolute Gasteiger partial charge is 0.490 e. The number of likely N-dealkylation sites (N-methyl/N-ethyl adjacent to an activating group) is 1. The Bertz CT molecular complexity index is 547. The molecule has 0 aliphatic carbocycles. The van der Waals surface area contributed by atoms with Crippen LogP contribution in [0.4, 0.5) is 5.69 Å². The van der Waals surface area contributed by atoms with E-state index >= 15 is 0 Å². The average Bonchev–Trinajstić information content (AvgIpc) is 2.71. The maximum atomic E-state index is 12.2. The second kappa shape index (κ2) is 6.67. The first-order valence-corrected chi connectivity index (χ1v) is 8.10. The van der Waals surface area contributed by atoms with Crippen molar-refractivity contribution in [2.75, 3.05) is 45.1 Å². The molecule has 2 heterocycles. The molecule has 2 aliphatic rings. The van der Waals surface area contributed by atoms with Crippen LogP contribution in [0.25, 0.3) is 0 Å². The Labute approximate surface area is 132 Å². The normalized spacial score (nSPS) is 22.7. The van der Waals surface area contributed by atoms with Gasteiger partial charge in [0.05, 0.1) is 6.54 Å². The number of nitrogens with one attached hydrogen (secondary N) is 1. The van der Waals surface area contributed by atoms with E-state index in [4.69, 9.17) is 4.74 Å². The zero-order valence-corrected chi connectivity index (χ0v) is 13.5. The van der Waals surface area contributed by atoms with Crippen LogP contribution in [0.15, 0.2) is 18.2 Å². The van der Waals surface area contributed by atoms with E-state index in [-0.39, 0.29) is 12.0 Å². The lowest BCUT2D eigenvalue weighted by Crippen LogP contribution is -2.35. The number of carbonyl (C=O) groups excluding carboxylic acids is 1. The Kier molecular flexibility index (Phi) is 4.64. The Morgan fingerprint density at radius 1 is 1.32 bits per heavy atom. The summed E-state index contributed by atoms with van der Waals surface area (Å²) in [5.41, 5.74) is 2.05. The molecule has 1 unspecified atom stereocenters. The van der Waals surface area contributed by atoms with Crippen molar-refractivity contribution in [3.63, 3.8) is 0 Å². The lowest BCUT2D eigenvalue weighted by molar-refractivity contribution is -0.117. The highest BCUT2D eigenvalue weighted by atomic mass is 16.5. The molecule has 0 aromatic heterocycles. The van der Waals surface area contributed by atoms with Crippen molar-refractivity contribution in [3.05, 3.63) is 23.8 Å². The number of amides is 1. The van der Waals surface area contributed by atoms with Gasteiger partial charge in [0.2, 0.25) is 5.91 Å². The zero-order chi connectivity index (χ0) is 15.5. The smallest absolute Gasteiger partial charge is 0.238 e. The molecule has 120 valence electrons. The Hall–Kier alpha value is -1.59. The number of benzene rings is 1. The first-order chi connectivity index (χ1) is 10.6. The molecule has 1 atom stereocenters. The molecular weight excluding hydrogens is 278 g/mol. The number of carbonyl (C=O) groups is 1. The minimum absolute atomic E-state index is 0.0662. The van der Waals surface area contributed by atoms with Crippen LogP contribution in [-0.4, -0.2) is 61.6 Å². The van der Waals surface area contributed by atoms with Gasteiger partial charge in [0.15, 0.2) is 0 Å². The predicted molar refractivity (Wildman–Crippen MR) is 87.4 cm³/mol. The van der Waals surface area contributed by atoms with Gasteiger partial charge in [-0.1, -0.05) is 0 Å². The molecule has 5 nitrogen and oxygen atoms in total. The molecule has 1 aromatic rings. The average molecular weight is 303 g/mol. The van der Waals surface area contributed by atoms with Gasteiger partial charge < -0.3 is 15.0 Å². The summed E-state index contributed by atoms with van der Waals surface area (Å²) in [7, 11) is 2.14. The van der Waals surface area contributed by atoms with E-state index in [2.05, 4.69) is 29.1 Å². The third kappa shape index (κ3) is 3.78. The standard InChI is InChI=1S/C17H25N3O2/c1-13-10-14-11-15(4-5-16(14)22-13)18-17(21)12-20-7-3-6-19(2)8-9-20/h4-5,11,13H,3,6-10,12H2,1-2H3,(H,18,21).